The van der Waals surface area contributed by atoms with Gasteiger partial charge in [-0.2, -0.15) is 18.2 Å². The number of halogens is 5. The lowest BCUT2D eigenvalue weighted by molar-refractivity contribution is -0.230. The first-order chi connectivity index (χ1) is 15.7. The highest BCUT2D eigenvalue weighted by Crippen LogP contribution is 2.43. The van der Waals surface area contributed by atoms with Gasteiger partial charge in [-0.15, -0.1) is 0 Å². The topological polar surface area (TPSA) is 41.9 Å². The molecule has 1 aliphatic rings. The van der Waals surface area contributed by atoms with Gasteiger partial charge in [-0.1, -0.05) is 66.7 Å². The van der Waals surface area contributed by atoms with Gasteiger partial charge >= 0.3 is 12.1 Å². The van der Waals surface area contributed by atoms with Crippen molar-refractivity contribution in [3.8, 4) is 0 Å². The molecule has 3 aromatic rings. The van der Waals surface area contributed by atoms with Gasteiger partial charge in [0.25, 0.3) is 0 Å². The maximum Gasteiger partial charge on any atom is 0.493 e. The van der Waals surface area contributed by atoms with E-state index in [1.807, 2.05) is 0 Å². The van der Waals surface area contributed by atoms with Crippen LogP contribution >= 0.6 is 0 Å². The number of amidine groups is 1. The molecule has 9 heteroatoms. The van der Waals surface area contributed by atoms with E-state index in [1.165, 1.54) is 6.07 Å². The number of hydrogen-bond acceptors (Lipinski definition) is 4. The Bertz CT molecular complexity index is 1170. The number of carbonyl (C=O) groups is 1. The first-order valence-corrected chi connectivity index (χ1v) is 9.93. The molecule has 1 heterocycles. The third-order valence-electron chi connectivity index (χ3n) is 5.15. The molecule has 4 nitrogen and oxygen atoms in total. The van der Waals surface area contributed by atoms with Gasteiger partial charge in [0.05, 0.1) is 0 Å². The van der Waals surface area contributed by atoms with Crippen molar-refractivity contribution in [2.24, 2.45) is 4.99 Å². The zero-order valence-corrected chi connectivity index (χ0v) is 17.0. The maximum absolute atomic E-state index is 14.3. The van der Waals surface area contributed by atoms with E-state index in [-0.39, 0.29) is 17.8 Å². The number of carbonyl (C=O) groups excluding carboxylic acids is 1. The van der Waals surface area contributed by atoms with Crippen LogP contribution in [0.15, 0.2) is 83.9 Å². The normalized spacial score (nSPS) is 18.2. The molecule has 1 aliphatic heterocycles. The molecule has 0 aliphatic carbocycles. The SMILES string of the molecule is O=C(ON1C(Cc2ccc(F)cc2F)=NC(c2ccccc2)C1c1ccccc1)C(F)(F)F. The summed E-state index contributed by atoms with van der Waals surface area (Å²) in [6, 6.07) is 18.4. The Hall–Kier alpha value is -3.75. The Labute approximate surface area is 185 Å². The standard InChI is InChI=1S/C24H17F5N2O2/c25-18-12-11-17(19(26)14-18)13-20-30-21(15-7-3-1-4-8-15)22(16-9-5-2-6-10-16)31(20)33-23(32)24(27,28)29/h1-12,14,21-22H,13H2. The fourth-order valence-corrected chi connectivity index (χ4v) is 3.66. The molecular weight excluding hydrogens is 443 g/mol. The number of rotatable bonds is 5. The fourth-order valence-electron chi connectivity index (χ4n) is 3.66. The molecule has 0 fully saturated rings. The Morgan fingerprint density at radius 2 is 1.52 bits per heavy atom. The van der Waals surface area contributed by atoms with Crippen molar-refractivity contribution in [2.75, 3.05) is 0 Å². The number of benzene rings is 3. The zero-order chi connectivity index (χ0) is 23.6. The molecule has 0 saturated carbocycles. The van der Waals surface area contributed by atoms with Crippen LogP contribution in [-0.2, 0) is 16.1 Å². The van der Waals surface area contributed by atoms with E-state index in [0.717, 1.165) is 11.1 Å². The van der Waals surface area contributed by atoms with Gasteiger partial charge in [0.1, 0.15) is 29.6 Å². The molecule has 170 valence electrons. The van der Waals surface area contributed by atoms with Crippen molar-refractivity contribution in [2.45, 2.75) is 24.7 Å². The van der Waals surface area contributed by atoms with E-state index in [1.54, 1.807) is 60.7 Å². The Morgan fingerprint density at radius 3 is 2.09 bits per heavy atom. The monoisotopic (exact) mass is 460 g/mol. The lowest BCUT2D eigenvalue weighted by Gasteiger charge is -2.29. The molecule has 0 radical (unpaired) electrons. The van der Waals surface area contributed by atoms with Crippen molar-refractivity contribution < 1.29 is 31.6 Å². The maximum atomic E-state index is 14.3. The third kappa shape index (κ3) is 4.87. The molecule has 33 heavy (non-hydrogen) atoms. The molecule has 0 amide bonds. The van der Waals surface area contributed by atoms with Crippen LogP contribution in [0.3, 0.4) is 0 Å². The van der Waals surface area contributed by atoms with Crippen molar-refractivity contribution in [3.05, 3.63) is 107 Å². The highest BCUT2D eigenvalue weighted by Gasteiger charge is 2.47. The van der Waals surface area contributed by atoms with Crippen LogP contribution in [0.4, 0.5) is 22.0 Å². The molecule has 2 atom stereocenters. The van der Waals surface area contributed by atoms with E-state index in [4.69, 9.17) is 4.84 Å². The predicted octanol–water partition coefficient (Wildman–Crippen LogP) is 5.72. The van der Waals surface area contributed by atoms with Gasteiger partial charge in [-0.3, -0.25) is 4.99 Å². The molecule has 4 rings (SSSR count). The average Bonchev–Trinajstić information content (AvgIpc) is 3.14. The third-order valence-corrected chi connectivity index (χ3v) is 5.15. The Kier molecular flexibility index (Phi) is 6.13. The lowest BCUT2D eigenvalue weighted by atomic mass is 9.94. The summed E-state index contributed by atoms with van der Waals surface area (Å²) in [5.74, 6) is -4.21. The summed E-state index contributed by atoms with van der Waals surface area (Å²) in [6.45, 7) is 0. The summed E-state index contributed by atoms with van der Waals surface area (Å²) in [6.07, 6.45) is -5.57. The van der Waals surface area contributed by atoms with Crippen molar-refractivity contribution in [3.63, 3.8) is 0 Å². The van der Waals surface area contributed by atoms with Gasteiger partial charge in [-0.25, -0.2) is 13.6 Å². The van der Waals surface area contributed by atoms with E-state index in [0.29, 0.717) is 17.2 Å². The fraction of sp³-hybridized carbons (Fsp3) is 0.167. The van der Waals surface area contributed by atoms with Gasteiger partial charge in [0.2, 0.25) is 0 Å². The lowest BCUT2D eigenvalue weighted by Crippen LogP contribution is -2.39. The molecule has 0 saturated heterocycles. The number of hydrogen-bond donors (Lipinski definition) is 0. The smallest absolute Gasteiger partial charge is 0.330 e. The van der Waals surface area contributed by atoms with Crippen LogP contribution in [0.5, 0.6) is 0 Å². The van der Waals surface area contributed by atoms with Crippen LogP contribution in [-0.4, -0.2) is 23.0 Å². The number of nitrogens with zero attached hydrogens (tertiary/aromatic N) is 2. The molecule has 0 bridgehead atoms. The van der Waals surface area contributed by atoms with Gasteiger partial charge < -0.3 is 4.84 Å². The number of aliphatic imine (C=N–C) groups is 1. The second-order valence-electron chi connectivity index (χ2n) is 7.37. The second kappa shape index (κ2) is 9.01. The summed E-state index contributed by atoms with van der Waals surface area (Å²) in [4.78, 5) is 21.1. The van der Waals surface area contributed by atoms with E-state index < -0.39 is 35.9 Å². The summed E-state index contributed by atoms with van der Waals surface area (Å²) >= 11 is 0. The number of hydroxylamine groups is 2. The zero-order valence-electron chi connectivity index (χ0n) is 17.0. The first-order valence-electron chi connectivity index (χ1n) is 9.93. The van der Waals surface area contributed by atoms with Crippen LogP contribution < -0.4 is 0 Å². The minimum atomic E-state index is -5.25. The summed E-state index contributed by atoms with van der Waals surface area (Å²) in [5.41, 5.74) is 1.19. The number of alkyl halides is 3. The van der Waals surface area contributed by atoms with Crippen LogP contribution in [0, 0.1) is 11.6 Å². The Morgan fingerprint density at radius 1 is 0.909 bits per heavy atom. The Balaban J connectivity index is 1.80. The van der Waals surface area contributed by atoms with Crippen LogP contribution in [0.1, 0.15) is 28.8 Å². The van der Waals surface area contributed by atoms with Gasteiger partial charge in [0, 0.05) is 12.5 Å². The summed E-state index contributed by atoms with van der Waals surface area (Å²) in [7, 11) is 0. The van der Waals surface area contributed by atoms with Crippen molar-refractivity contribution in [1.29, 1.82) is 0 Å². The van der Waals surface area contributed by atoms with Gasteiger partial charge in [0.15, 0.2) is 0 Å². The van der Waals surface area contributed by atoms with E-state index >= 15 is 0 Å². The highest BCUT2D eigenvalue weighted by atomic mass is 19.4. The van der Waals surface area contributed by atoms with E-state index in [9.17, 15) is 26.7 Å². The molecule has 0 N–H and O–H groups in total. The summed E-state index contributed by atoms with van der Waals surface area (Å²) < 4.78 is 66.9. The van der Waals surface area contributed by atoms with Crippen molar-refractivity contribution in [1.82, 2.24) is 5.06 Å². The highest BCUT2D eigenvalue weighted by molar-refractivity contribution is 5.88. The molecule has 3 aromatic carbocycles. The second-order valence-corrected chi connectivity index (χ2v) is 7.37. The average molecular weight is 460 g/mol. The molecule has 0 aromatic heterocycles. The minimum Gasteiger partial charge on any atom is -0.330 e. The van der Waals surface area contributed by atoms with Crippen molar-refractivity contribution >= 4 is 11.8 Å². The van der Waals surface area contributed by atoms with Crippen LogP contribution in [0.25, 0.3) is 0 Å². The quantitative estimate of drug-likeness (QED) is 0.457. The molecular formula is C24H17F5N2O2. The largest absolute Gasteiger partial charge is 0.493 e. The predicted molar refractivity (Wildman–Crippen MR) is 110 cm³/mol. The van der Waals surface area contributed by atoms with Gasteiger partial charge in [-0.05, 0) is 22.8 Å². The van der Waals surface area contributed by atoms with Crippen LogP contribution in [0.2, 0.25) is 0 Å². The van der Waals surface area contributed by atoms with E-state index in [2.05, 4.69) is 4.99 Å². The first kappa shape index (κ1) is 22.4. The minimum absolute atomic E-state index is 0.0104. The summed E-state index contributed by atoms with van der Waals surface area (Å²) in [5, 5.41) is 0.783. The molecule has 0 spiro atoms. The molecule has 2 unspecified atom stereocenters.